The standard InChI is InChI=1S/C14H19N5/c1-11(9-15-13-7-8-13)10-19-17-14(16-18-19)12-5-3-2-4-6-12/h2-6,11,13,15H,7-10H2,1H3. The normalized spacial score (nSPS) is 16.5. The van der Waals surface area contributed by atoms with Gasteiger partial charge in [-0.05, 0) is 30.5 Å². The zero-order valence-corrected chi connectivity index (χ0v) is 11.2. The van der Waals surface area contributed by atoms with Gasteiger partial charge >= 0.3 is 0 Å². The largest absolute Gasteiger partial charge is 0.314 e. The van der Waals surface area contributed by atoms with Crippen molar-refractivity contribution < 1.29 is 0 Å². The molecule has 1 atom stereocenters. The van der Waals surface area contributed by atoms with Crippen LogP contribution in [0.25, 0.3) is 11.4 Å². The van der Waals surface area contributed by atoms with Crippen LogP contribution >= 0.6 is 0 Å². The maximum atomic E-state index is 4.43. The lowest BCUT2D eigenvalue weighted by Crippen LogP contribution is -2.26. The molecule has 0 aliphatic heterocycles. The van der Waals surface area contributed by atoms with Crippen LogP contribution < -0.4 is 5.32 Å². The van der Waals surface area contributed by atoms with Gasteiger partial charge in [0.2, 0.25) is 5.82 Å². The fraction of sp³-hybridized carbons (Fsp3) is 0.500. The van der Waals surface area contributed by atoms with Crippen molar-refractivity contribution in [3.8, 4) is 11.4 Å². The van der Waals surface area contributed by atoms with Crippen molar-refractivity contribution in [2.45, 2.75) is 32.4 Å². The summed E-state index contributed by atoms with van der Waals surface area (Å²) in [5, 5.41) is 16.2. The summed E-state index contributed by atoms with van der Waals surface area (Å²) in [4.78, 5) is 1.70. The number of rotatable bonds is 6. The number of nitrogens with zero attached hydrogens (tertiary/aromatic N) is 4. The molecule has 1 heterocycles. The molecule has 0 bridgehead atoms. The molecule has 0 saturated heterocycles. The first-order valence-electron chi connectivity index (χ1n) is 6.88. The summed E-state index contributed by atoms with van der Waals surface area (Å²) in [6.45, 7) is 4.04. The second kappa shape index (κ2) is 5.48. The van der Waals surface area contributed by atoms with Gasteiger partial charge in [0.05, 0.1) is 6.54 Å². The van der Waals surface area contributed by atoms with E-state index in [-0.39, 0.29) is 0 Å². The molecule has 0 spiro atoms. The summed E-state index contributed by atoms with van der Waals surface area (Å²) in [5.74, 6) is 1.21. The monoisotopic (exact) mass is 257 g/mol. The Morgan fingerprint density at radius 3 is 2.84 bits per heavy atom. The van der Waals surface area contributed by atoms with E-state index in [1.807, 2.05) is 30.3 Å². The van der Waals surface area contributed by atoms with Crippen LogP contribution in [-0.2, 0) is 6.54 Å². The molecule has 19 heavy (non-hydrogen) atoms. The Hall–Kier alpha value is -1.75. The van der Waals surface area contributed by atoms with Gasteiger partial charge in [-0.2, -0.15) is 4.80 Å². The van der Waals surface area contributed by atoms with Crippen LogP contribution in [0, 0.1) is 5.92 Å². The fourth-order valence-electron chi connectivity index (χ4n) is 2.02. The highest BCUT2D eigenvalue weighted by atomic mass is 15.6. The molecule has 1 aromatic heterocycles. The third kappa shape index (κ3) is 3.38. The van der Waals surface area contributed by atoms with Crippen LogP contribution in [0.3, 0.4) is 0 Å². The van der Waals surface area contributed by atoms with Crippen molar-refractivity contribution in [2.75, 3.05) is 6.54 Å². The molecule has 1 saturated carbocycles. The summed E-state index contributed by atoms with van der Waals surface area (Å²) in [5.41, 5.74) is 1.01. The van der Waals surface area contributed by atoms with E-state index in [1.165, 1.54) is 12.8 Å². The van der Waals surface area contributed by atoms with E-state index < -0.39 is 0 Å². The smallest absolute Gasteiger partial charge is 0.204 e. The van der Waals surface area contributed by atoms with Gasteiger partial charge in [-0.3, -0.25) is 0 Å². The van der Waals surface area contributed by atoms with E-state index in [0.29, 0.717) is 11.7 Å². The van der Waals surface area contributed by atoms with Crippen LogP contribution in [0.4, 0.5) is 0 Å². The number of benzene rings is 1. The molecule has 5 heteroatoms. The van der Waals surface area contributed by atoms with Gasteiger partial charge in [-0.1, -0.05) is 37.3 Å². The summed E-state index contributed by atoms with van der Waals surface area (Å²) >= 11 is 0. The molecule has 5 nitrogen and oxygen atoms in total. The van der Waals surface area contributed by atoms with Crippen LogP contribution in [-0.4, -0.2) is 32.8 Å². The Morgan fingerprint density at radius 2 is 2.11 bits per heavy atom. The molecule has 1 aliphatic carbocycles. The van der Waals surface area contributed by atoms with Gasteiger partial charge < -0.3 is 5.32 Å². The van der Waals surface area contributed by atoms with Gasteiger partial charge in [0.25, 0.3) is 0 Å². The molecular weight excluding hydrogens is 238 g/mol. The van der Waals surface area contributed by atoms with Crippen LogP contribution in [0.5, 0.6) is 0 Å². The van der Waals surface area contributed by atoms with Crippen molar-refractivity contribution >= 4 is 0 Å². The Balaban J connectivity index is 1.58. The highest BCUT2D eigenvalue weighted by molar-refractivity contribution is 5.52. The van der Waals surface area contributed by atoms with Crippen molar-refractivity contribution in [2.24, 2.45) is 5.92 Å². The minimum atomic E-state index is 0.512. The van der Waals surface area contributed by atoms with Crippen molar-refractivity contribution in [3.63, 3.8) is 0 Å². The average Bonchev–Trinajstić information content (AvgIpc) is 3.16. The molecule has 2 aromatic rings. The summed E-state index contributed by atoms with van der Waals surface area (Å²) < 4.78 is 0. The highest BCUT2D eigenvalue weighted by Gasteiger charge is 2.21. The predicted molar refractivity (Wildman–Crippen MR) is 73.4 cm³/mol. The number of nitrogens with one attached hydrogen (secondary N) is 1. The van der Waals surface area contributed by atoms with Gasteiger partial charge in [-0.15, -0.1) is 10.2 Å². The average molecular weight is 257 g/mol. The lowest BCUT2D eigenvalue weighted by Gasteiger charge is -2.10. The molecule has 1 unspecified atom stereocenters. The molecule has 1 N–H and O–H groups in total. The molecule has 1 aromatic carbocycles. The molecule has 0 amide bonds. The van der Waals surface area contributed by atoms with E-state index in [0.717, 1.165) is 24.7 Å². The van der Waals surface area contributed by atoms with E-state index in [2.05, 4.69) is 27.7 Å². The maximum absolute atomic E-state index is 4.43. The molecule has 1 fully saturated rings. The van der Waals surface area contributed by atoms with Gasteiger partial charge in [0.1, 0.15) is 0 Å². The number of hydrogen-bond donors (Lipinski definition) is 1. The third-order valence-corrected chi connectivity index (χ3v) is 3.29. The molecule has 0 radical (unpaired) electrons. The minimum Gasteiger partial charge on any atom is -0.314 e. The highest BCUT2D eigenvalue weighted by Crippen LogP contribution is 2.19. The van der Waals surface area contributed by atoms with E-state index in [1.54, 1.807) is 4.80 Å². The van der Waals surface area contributed by atoms with Crippen molar-refractivity contribution in [3.05, 3.63) is 30.3 Å². The Bertz CT molecular complexity index is 518. The molecule has 1 aliphatic rings. The Kier molecular flexibility index (Phi) is 3.55. The quantitative estimate of drug-likeness (QED) is 0.856. The molecule has 3 rings (SSSR count). The summed E-state index contributed by atoms with van der Waals surface area (Å²) in [6.07, 6.45) is 2.65. The first-order valence-corrected chi connectivity index (χ1v) is 6.88. The second-order valence-electron chi connectivity index (χ2n) is 5.32. The van der Waals surface area contributed by atoms with E-state index in [9.17, 15) is 0 Å². The topological polar surface area (TPSA) is 55.6 Å². The van der Waals surface area contributed by atoms with Gasteiger partial charge in [0, 0.05) is 11.6 Å². The molecular formula is C14H19N5. The Labute approximate surface area is 113 Å². The van der Waals surface area contributed by atoms with E-state index in [4.69, 9.17) is 0 Å². The number of tetrazole rings is 1. The maximum Gasteiger partial charge on any atom is 0.204 e. The van der Waals surface area contributed by atoms with Crippen molar-refractivity contribution in [1.29, 1.82) is 0 Å². The van der Waals surface area contributed by atoms with Gasteiger partial charge in [-0.25, -0.2) is 0 Å². The molecule has 100 valence electrons. The fourth-order valence-corrected chi connectivity index (χ4v) is 2.02. The SMILES string of the molecule is CC(CNC1CC1)Cn1nnc(-c2ccccc2)n1. The summed E-state index contributed by atoms with van der Waals surface area (Å²) in [6, 6.07) is 10.7. The zero-order chi connectivity index (χ0) is 13.1. The third-order valence-electron chi connectivity index (χ3n) is 3.29. The Morgan fingerprint density at radius 1 is 1.32 bits per heavy atom. The van der Waals surface area contributed by atoms with Crippen molar-refractivity contribution in [1.82, 2.24) is 25.5 Å². The second-order valence-corrected chi connectivity index (χ2v) is 5.32. The first kappa shape index (κ1) is 12.3. The van der Waals surface area contributed by atoms with Crippen LogP contribution in [0.15, 0.2) is 30.3 Å². The predicted octanol–water partition coefficient (Wildman–Crippen LogP) is 1.73. The summed E-state index contributed by atoms with van der Waals surface area (Å²) in [7, 11) is 0. The van der Waals surface area contributed by atoms with Crippen LogP contribution in [0.2, 0.25) is 0 Å². The first-order chi connectivity index (χ1) is 9.31. The van der Waals surface area contributed by atoms with E-state index >= 15 is 0 Å². The minimum absolute atomic E-state index is 0.512. The lowest BCUT2D eigenvalue weighted by molar-refractivity contribution is 0.386. The van der Waals surface area contributed by atoms with Gasteiger partial charge in [0.15, 0.2) is 0 Å². The van der Waals surface area contributed by atoms with Crippen LogP contribution in [0.1, 0.15) is 19.8 Å². The number of aromatic nitrogens is 4. The zero-order valence-electron chi connectivity index (χ0n) is 11.2. The lowest BCUT2D eigenvalue weighted by atomic mass is 10.2. The number of hydrogen-bond acceptors (Lipinski definition) is 4.